The van der Waals surface area contributed by atoms with E-state index in [-0.39, 0.29) is 50.5 Å². The Kier molecular flexibility index (Phi) is 12.2. The first-order valence-electron chi connectivity index (χ1n) is 19.7. The Hall–Kier alpha value is -3.13. The van der Waals surface area contributed by atoms with E-state index in [1.165, 1.54) is 10.7 Å². The summed E-state index contributed by atoms with van der Waals surface area (Å²) in [5, 5.41) is 3.08. The molecular formula is C41H55N2O11P. The molecule has 1 spiro atoms. The molecule has 1 aliphatic carbocycles. The van der Waals surface area contributed by atoms with Gasteiger partial charge in [0, 0.05) is 30.5 Å². The minimum atomic E-state index is -3.58. The molecule has 6 fully saturated rings. The van der Waals surface area contributed by atoms with E-state index < -0.39 is 61.8 Å². The molecule has 1 N–H and O–H groups in total. The summed E-state index contributed by atoms with van der Waals surface area (Å²) in [6.45, 7) is 10.3. The molecule has 5 heterocycles. The summed E-state index contributed by atoms with van der Waals surface area (Å²) in [7, 11) is -3.58. The summed E-state index contributed by atoms with van der Waals surface area (Å²) in [6.07, 6.45) is 2.81. The molecule has 1 unspecified atom stereocenters. The van der Waals surface area contributed by atoms with Gasteiger partial charge in [0.15, 0.2) is 18.2 Å². The van der Waals surface area contributed by atoms with Crippen LogP contribution in [0.4, 0.5) is 4.79 Å². The van der Waals surface area contributed by atoms with Crippen LogP contribution < -0.4 is 5.32 Å². The van der Waals surface area contributed by atoms with Crippen LogP contribution in [0.5, 0.6) is 0 Å². The van der Waals surface area contributed by atoms with Crippen molar-refractivity contribution in [3.63, 3.8) is 0 Å². The SMILES string of the molecule is CCOP(=O)(/C=C/C(NC(=O)[C@@H]1C[C@@H](O[C@H]2O[C@@H]3O[C@]4(C)CC[C@H]5[C@H](C)CC[C@@H]([C@H]2C)[C@@]35OO4)CN1C(=O)OCc1ccccc1)c1ccccc1)OCC. The maximum atomic E-state index is 14.4. The van der Waals surface area contributed by atoms with Gasteiger partial charge < -0.3 is 33.3 Å². The van der Waals surface area contributed by atoms with Crippen molar-refractivity contribution in [2.24, 2.45) is 23.7 Å². The van der Waals surface area contributed by atoms with Crippen LogP contribution in [-0.4, -0.2) is 72.8 Å². The number of likely N-dealkylation sites (tertiary alicyclic amines) is 1. The fraction of sp³-hybridized carbons (Fsp3) is 0.610. The molecule has 2 bridgehead atoms. The van der Waals surface area contributed by atoms with E-state index in [9.17, 15) is 14.2 Å². The number of amides is 2. The van der Waals surface area contributed by atoms with E-state index >= 15 is 0 Å². The summed E-state index contributed by atoms with van der Waals surface area (Å²) < 4.78 is 50.1. The standard InChI is InChI=1S/C41H55N2O11P/c1-6-48-55(46,49-7-2)23-21-34(30-16-12-9-13-17-30)42-36(44)35-24-31(25-43(35)39(45)47-26-29-14-10-8-11-15-29)50-37-28(4)33-19-18-27(3)32-20-22-40(5)52-38(51-37)41(32,33)54-53-40/h8-17,21,23,27-28,31-35,37-38H,6-7,18-20,22,24-26H2,1-5H3,(H,42,44)/b23-21+/t27-,28-,31-,32+,33+,34?,35+,37+,38-,40+,41-/m1/s1. The first-order valence-corrected chi connectivity index (χ1v) is 21.3. The van der Waals surface area contributed by atoms with E-state index in [1.807, 2.05) is 67.6 Å². The summed E-state index contributed by atoms with van der Waals surface area (Å²) in [4.78, 5) is 41.9. The average molecular weight is 783 g/mol. The van der Waals surface area contributed by atoms with Crippen LogP contribution in [-0.2, 0) is 53.7 Å². The molecule has 5 aliphatic heterocycles. The second-order valence-electron chi connectivity index (χ2n) is 15.6. The third kappa shape index (κ3) is 8.32. The molecule has 55 heavy (non-hydrogen) atoms. The highest BCUT2D eigenvalue weighted by atomic mass is 31.2. The van der Waals surface area contributed by atoms with Gasteiger partial charge in [-0.3, -0.25) is 14.3 Å². The van der Waals surface area contributed by atoms with E-state index in [0.29, 0.717) is 12.3 Å². The maximum absolute atomic E-state index is 14.4. The van der Waals surface area contributed by atoms with Gasteiger partial charge in [-0.1, -0.05) is 74.5 Å². The minimum absolute atomic E-state index is 0.0432. The lowest BCUT2D eigenvalue weighted by Crippen LogP contribution is -2.70. The van der Waals surface area contributed by atoms with Crippen molar-refractivity contribution >= 4 is 19.6 Å². The van der Waals surface area contributed by atoms with Crippen LogP contribution in [0.25, 0.3) is 0 Å². The van der Waals surface area contributed by atoms with E-state index in [0.717, 1.165) is 30.4 Å². The quantitative estimate of drug-likeness (QED) is 0.159. The molecule has 0 aromatic heterocycles. The fourth-order valence-electron chi connectivity index (χ4n) is 9.19. The summed E-state index contributed by atoms with van der Waals surface area (Å²) in [6, 6.07) is 17.0. The van der Waals surface area contributed by atoms with E-state index in [2.05, 4.69) is 19.2 Å². The Morgan fingerprint density at radius 2 is 1.69 bits per heavy atom. The first-order chi connectivity index (χ1) is 26.5. The highest BCUT2D eigenvalue weighted by Gasteiger charge is 2.69. The molecule has 13 nitrogen and oxygen atoms in total. The fourth-order valence-corrected chi connectivity index (χ4v) is 10.5. The molecule has 11 atom stereocenters. The molecule has 0 radical (unpaired) electrons. The number of ether oxygens (including phenoxy) is 4. The molecule has 2 aromatic carbocycles. The number of nitrogens with one attached hydrogen (secondary N) is 1. The van der Waals surface area contributed by atoms with Gasteiger partial charge >= 0.3 is 13.7 Å². The van der Waals surface area contributed by atoms with Crippen LogP contribution >= 0.6 is 7.60 Å². The molecular weight excluding hydrogens is 727 g/mol. The minimum Gasteiger partial charge on any atom is -0.445 e. The Morgan fingerprint density at radius 3 is 2.40 bits per heavy atom. The number of hydrogen-bond donors (Lipinski definition) is 1. The zero-order valence-electron chi connectivity index (χ0n) is 32.4. The Balaban J connectivity index is 1.12. The lowest BCUT2D eigenvalue weighted by Gasteiger charge is -2.60. The molecule has 300 valence electrons. The second kappa shape index (κ2) is 16.8. The van der Waals surface area contributed by atoms with Crippen LogP contribution in [0.3, 0.4) is 0 Å². The van der Waals surface area contributed by atoms with Crippen LogP contribution in [0.1, 0.15) is 83.9 Å². The number of nitrogens with zero attached hydrogens (tertiary/aromatic N) is 1. The van der Waals surface area contributed by atoms with Crippen molar-refractivity contribution in [2.75, 3.05) is 19.8 Å². The molecule has 2 aromatic rings. The normalized spacial score (nSPS) is 34.9. The van der Waals surface area contributed by atoms with Gasteiger partial charge in [-0.2, -0.15) is 0 Å². The highest BCUT2D eigenvalue weighted by molar-refractivity contribution is 7.57. The number of rotatable bonds is 13. The smallest absolute Gasteiger partial charge is 0.410 e. The predicted octanol–water partition coefficient (Wildman–Crippen LogP) is 7.63. The van der Waals surface area contributed by atoms with Gasteiger partial charge in [0.05, 0.1) is 31.9 Å². The lowest BCUT2D eigenvalue weighted by molar-refractivity contribution is -0.578. The van der Waals surface area contributed by atoms with Crippen molar-refractivity contribution in [1.82, 2.24) is 10.2 Å². The average Bonchev–Trinajstić information content (AvgIpc) is 3.48. The lowest BCUT2D eigenvalue weighted by atomic mass is 9.58. The van der Waals surface area contributed by atoms with Gasteiger partial charge in [0.25, 0.3) is 0 Å². The van der Waals surface area contributed by atoms with Crippen molar-refractivity contribution in [2.45, 2.75) is 115 Å². The van der Waals surface area contributed by atoms with Gasteiger partial charge in [-0.25, -0.2) is 14.6 Å². The van der Waals surface area contributed by atoms with Crippen LogP contribution in [0.15, 0.2) is 72.6 Å². The summed E-state index contributed by atoms with van der Waals surface area (Å²) >= 11 is 0. The van der Waals surface area contributed by atoms with E-state index in [1.54, 1.807) is 19.9 Å². The highest BCUT2D eigenvalue weighted by Crippen LogP contribution is 2.60. The van der Waals surface area contributed by atoms with Gasteiger partial charge in [-0.15, -0.1) is 0 Å². The number of carbonyl (C=O) groups excluding carboxylic acids is 2. The Bertz CT molecular complexity index is 1710. The second-order valence-corrected chi connectivity index (χ2v) is 17.5. The van der Waals surface area contributed by atoms with Crippen molar-refractivity contribution < 1.29 is 51.9 Å². The number of carbonyl (C=O) groups is 2. The van der Waals surface area contributed by atoms with Gasteiger partial charge in [-0.05, 0) is 69.1 Å². The van der Waals surface area contributed by atoms with Crippen molar-refractivity contribution in [1.29, 1.82) is 0 Å². The van der Waals surface area contributed by atoms with Crippen LogP contribution in [0, 0.1) is 23.7 Å². The molecule has 8 rings (SSSR count). The third-order valence-corrected chi connectivity index (χ3v) is 13.7. The van der Waals surface area contributed by atoms with Gasteiger partial charge in [0.2, 0.25) is 11.7 Å². The zero-order valence-corrected chi connectivity index (χ0v) is 33.3. The number of hydrogen-bond acceptors (Lipinski definition) is 11. The maximum Gasteiger partial charge on any atom is 0.410 e. The topological polar surface area (TPSA) is 140 Å². The first kappa shape index (κ1) is 40.1. The molecule has 2 amide bonds. The largest absolute Gasteiger partial charge is 0.445 e. The number of benzene rings is 2. The predicted molar refractivity (Wildman–Crippen MR) is 201 cm³/mol. The van der Waals surface area contributed by atoms with E-state index in [4.69, 9.17) is 37.8 Å². The monoisotopic (exact) mass is 782 g/mol. The molecule has 14 heteroatoms. The third-order valence-electron chi connectivity index (χ3n) is 12.0. The molecule has 5 saturated heterocycles. The zero-order chi connectivity index (χ0) is 38.8. The Morgan fingerprint density at radius 1 is 0.982 bits per heavy atom. The molecule has 1 saturated carbocycles. The Labute approximate surface area is 323 Å². The molecule has 6 aliphatic rings. The summed E-state index contributed by atoms with van der Waals surface area (Å²) in [5.41, 5.74) is 0.820. The summed E-state index contributed by atoms with van der Waals surface area (Å²) in [5.74, 6) is 0.618. The van der Waals surface area contributed by atoms with Crippen molar-refractivity contribution in [3.05, 3.63) is 83.7 Å². The van der Waals surface area contributed by atoms with Crippen LogP contribution in [0.2, 0.25) is 0 Å². The number of fused-ring (bicyclic) bond motifs is 2. The van der Waals surface area contributed by atoms with Crippen molar-refractivity contribution in [3.8, 4) is 0 Å². The van der Waals surface area contributed by atoms with Gasteiger partial charge in [0.1, 0.15) is 12.6 Å².